The van der Waals surface area contributed by atoms with Crippen LogP contribution in [0.25, 0.3) is 0 Å². The lowest BCUT2D eigenvalue weighted by Gasteiger charge is -2.26. The zero-order chi connectivity index (χ0) is 15.1. The van der Waals surface area contributed by atoms with Crippen molar-refractivity contribution in [3.63, 3.8) is 0 Å². The molecule has 114 valence electrons. The zero-order valence-corrected chi connectivity index (χ0v) is 12.5. The molecule has 0 saturated carbocycles. The molecule has 1 aromatic rings. The molecular weight excluding hydrogens is 290 g/mol. The second-order valence-electron chi connectivity index (χ2n) is 4.54. The number of ether oxygens (including phenoxy) is 1. The van der Waals surface area contributed by atoms with E-state index in [0.29, 0.717) is 32.8 Å². The minimum atomic E-state index is -3.45. The fraction of sp³-hybridized carbons (Fsp3) is 0.429. The van der Waals surface area contributed by atoms with Crippen LogP contribution in [0.2, 0.25) is 0 Å². The highest BCUT2D eigenvalue weighted by molar-refractivity contribution is 7.87. The van der Waals surface area contributed by atoms with Gasteiger partial charge in [-0.25, -0.2) is 0 Å². The second-order valence-corrected chi connectivity index (χ2v) is 6.30. The average molecular weight is 309 g/mol. The molecular formula is C14H19N3O3S. The lowest BCUT2D eigenvalue weighted by molar-refractivity contribution is 0.0725. The first-order valence-electron chi connectivity index (χ1n) is 6.72. The van der Waals surface area contributed by atoms with Crippen LogP contribution in [0.5, 0.6) is 0 Å². The van der Waals surface area contributed by atoms with Crippen LogP contribution < -0.4 is 10.5 Å². The monoisotopic (exact) mass is 309 g/mol. The summed E-state index contributed by atoms with van der Waals surface area (Å²) < 4.78 is 33.3. The van der Waals surface area contributed by atoms with Gasteiger partial charge in [-0.2, -0.15) is 17.4 Å². The normalized spacial score (nSPS) is 16.2. The van der Waals surface area contributed by atoms with Gasteiger partial charge in [-0.3, -0.25) is 0 Å². The highest BCUT2D eigenvalue weighted by Gasteiger charge is 2.23. The van der Waals surface area contributed by atoms with Gasteiger partial charge in [-0.05, 0) is 17.7 Å². The fourth-order valence-electron chi connectivity index (χ4n) is 1.91. The minimum Gasteiger partial charge on any atom is -0.379 e. The Morgan fingerprint density at radius 2 is 1.90 bits per heavy atom. The van der Waals surface area contributed by atoms with Crippen LogP contribution in [0.4, 0.5) is 0 Å². The molecule has 0 radical (unpaired) electrons. The quantitative estimate of drug-likeness (QED) is 0.746. The molecule has 3 N–H and O–H groups in total. The van der Waals surface area contributed by atoms with Crippen LogP contribution in [0.15, 0.2) is 24.3 Å². The summed E-state index contributed by atoms with van der Waals surface area (Å²) in [6.45, 7) is 2.24. The number of rotatable bonds is 4. The topological polar surface area (TPSA) is 84.7 Å². The smallest absolute Gasteiger partial charge is 0.279 e. The molecule has 2 rings (SSSR count). The van der Waals surface area contributed by atoms with Gasteiger partial charge in [0, 0.05) is 25.2 Å². The van der Waals surface area contributed by atoms with Gasteiger partial charge in [0.25, 0.3) is 10.2 Å². The van der Waals surface area contributed by atoms with Gasteiger partial charge < -0.3 is 10.5 Å². The maximum Gasteiger partial charge on any atom is 0.279 e. The Morgan fingerprint density at radius 3 is 2.52 bits per heavy atom. The van der Waals surface area contributed by atoms with Crippen molar-refractivity contribution in [2.45, 2.75) is 6.54 Å². The summed E-state index contributed by atoms with van der Waals surface area (Å²) in [6.07, 6.45) is 0. The first kappa shape index (κ1) is 15.9. The van der Waals surface area contributed by atoms with Crippen LogP contribution in [-0.2, 0) is 21.5 Å². The molecule has 1 heterocycles. The van der Waals surface area contributed by atoms with E-state index < -0.39 is 10.2 Å². The highest BCUT2D eigenvalue weighted by Crippen LogP contribution is 2.06. The minimum absolute atomic E-state index is 0.254. The van der Waals surface area contributed by atoms with E-state index in [1.165, 1.54) is 4.31 Å². The number of nitrogens with two attached hydrogens (primary N) is 1. The van der Waals surface area contributed by atoms with E-state index in [1.807, 2.05) is 24.3 Å². The summed E-state index contributed by atoms with van der Waals surface area (Å²) in [4.78, 5) is 0. The molecule has 1 saturated heterocycles. The van der Waals surface area contributed by atoms with Crippen molar-refractivity contribution in [1.29, 1.82) is 0 Å². The van der Waals surface area contributed by atoms with Crippen LogP contribution >= 0.6 is 0 Å². The molecule has 0 amide bonds. The standard InChI is InChI=1S/C14H19N3O3S/c15-7-1-2-13-3-5-14(6-4-13)12-16-21(18,19)17-8-10-20-11-9-17/h3-6,16H,7-12,15H2. The summed E-state index contributed by atoms with van der Waals surface area (Å²) in [5.41, 5.74) is 7.05. The Hall–Kier alpha value is -1.43. The number of benzene rings is 1. The maximum atomic E-state index is 12.1. The first-order chi connectivity index (χ1) is 10.1. The van der Waals surface area contributed by atoms with Gasteiger partial charge in [-0.15, -0.1) is 0 Å². The molecule has 6 nitrogen and oxygen atoms in total. The summed E-state index contributed by atoms with van der Waals surface area (Å²) in [6, 6.07) is 7.40. The summed E-state index contributed by atoms with van der Waals surface area (Å²) in [5.74, 6) is 5.69. The van der Waals surface area contributed by atoms with E-state index in [1.54, 1.807) is 0 Å². The molecule has 0 spiro atoms. The summed E-state index contributed by atoms with van der Waals surface area (Å²) in [5, 5.41) is 0. The van der Waals surface area contributed by atoms with Gasteiger partial charge in [0.15, 0.2) is 0 Å². The van der Waals surface area contributed by atoms with Crippen molar-refractivity contribution in [2.75, 3.05) is 32.8 Å². The first-order valence-corrected chi connectivity index (χ1v) is 8.16. The van der Waals surface area contributed by atoms with E-state index in [0.717, 1.165) is 11.1 Å². The Bertz CT molecular complexity index is 611. The molecule has 0 aliphatic carbocycles. The van der Waals surface area contributed by atoms with E-state index >= 15 is 0 Å². The third kappa shape index (κ3) is 4.81. The Balaban J connectivity index is 1.92. The third-order valence-corrected chi connectivity index (χ3v) is 4.61. The Kier molecular flexibility index (Phi) is 5.73. The van der Waals surface area contributed by atoms with Crippen LogP contribution in [0.1, 0.15) is 11.1 Å². The van der Waals surface area contributed by atoms with Crippen molar-refractivity contribution >= 4 is 10.2 Å². The molecule has 7 heteroatoms. The van der Waals surface area contributed by atoms with Crippen molar-refractivity contribution in [3.8, 4) is 11.8 Å². The summed E-state index contributed by atoms with van der Waals surface area (Å²) >= 11 is 0. The molecule has 1 aliphatic heterocycles. The number of hydrogen-bond donors (Lipinski definition) is 2. The van der Waals surface area contributed by atoms with Crippen LogP contribution in [0, 0.1) is 11.8 Å². The third-order valence-electron chi connectivity index (χ3n) is 3.06. The number of nitrogens with one attached hydrogen (secondary N) is 1. The van der Waals surface area contributed by atoms with Gasteiger partial charge in [-0.1, -0.05) is 24.0 Å². The van der Waals surface area contributed by atoms with Crippen molar-refractivity contribution in [1.82, 2.24) is 9.03 Å². The molecule has 21 heavy (non-hydrogen) atoms. The zero-order valence-electron chi connectivity index (χ0n) is 11.7. The van der Waals surface area contributed by atoms with Gasteiger partial charge in [0.05, 0.1) is 19.8 Å². The predicted molar refractivity (Wildman–Crippen MR) is 80.5 cm³/mol. The second kappa shape index (κ2) is 7.54. The molecule has 1 fully saturated rings. The molecule has 1 aliphatic rings. The maximum absolute atomic E-state index is 12.1. The fourth-order valence-corrected chi connectivity index (χ4v) is 3.07. The summed E-state index contributed by atoms with van der Waals surface area (Å²) in [7, 11) is -3.45. The number of nitrogens with zero attached hydrogens (tertiary/aromatic N) is 1. The van der Waals surface area contributed by atoms with E-state index in [9.17, 15) is 8.42 Å². The number of morpholine rings is 1. The number of hydrogen-bond acceptors (Lipinski definition) is 4. The van der Waals surface area contributed by atoms with Crippen molar-refractivity contribution in [3.05, 3.63) is 35.4 Å². The van der Waals surface area contributed by atoms with E-state index in [2.05, 4.69) is 16.6 Å². The molecule has 0 atom stereocenters. The molecule has 0 aromatic heterocycles. The predicted octanol–water partition coefficient (Wildman–Crippen LogP) is -0.337. The highest BCUT2D eigenvalue weighted by atomic mass is 32.2. The van der Waals surface area contributed by atoms with Crippen molar-refractivity contribution in [2.24, 2.45) is 5.73 Å². The SMILES string of the molecule is NCC#Cc1ccc(CNS(=O)(=O)N2CCOCC2)cc1. The largest absolute Gasteiger partial charge is 0.379 e. The molecule has 1 aromatic carbocycles. The Labute approximate surface area is 125 Å². The average Bonchev–Trinajstić information content (AvgIpc) is 2.53. The van der Waals surface area contributed by atoms with E-state index in [4.69, 9.17) is 10.5 Å². The molecule has 0 bridgehead atoms. The van der Waals surface area contributed by atoms with Crippen molar-refractivity contribution < 1.29 is 13.2 Å². The van der Waals surface area contributed by atoms with Gasteiger partial charge in [0.2, 0.25) is 0 Å². The van der Waals surface area contributed by atoms with Gasteiger partial charge >= 0.3 is 0 Å². The lowest BCUT2D eigenvalue weighted by Crippen LogP contribution is -2.46. The van der Waals surface area contributed by atoms with Crippen LogP contribution in [-0.4, -0.2) is 45.6 Å². The molecule has 0 unspecified atom stereocenters. The lowest BCUT2D eigenvalue weighted by atomic mass is 10.1. The van der Waals surface area contributed by atoms with Crippen LogP contribution in [0.3, 0.4) is 0 Å². The van der Waals surface area contributed by atoms with E-state index in [-0.39, 0.29) is 6.54 Å². The Morgan fingerprint density at radius 1 is 1.24 bits per heavy atom. The van der Waals surface area contributed by atoms with Gasteiger partial charge in [0.1, 0.15) is 0 Å².